The minimum atomic E-state index is -0.260. The van der Waals surface area contributed by atoms with E-state index < -0.39 is 0 Å². The van der Waals surface area contributed by atoms with Crippen LogP contribution in [0, 0.1) is 11.6 Å². The minimum absolute atomic E-state index is 0.259. The highest BCUT2D eigenvalue weighted by Crippen LogP contribution is 2.29. The predicted molar refractivity (Wildman–Crippen MR) is 204 cm³/mol. The first-order chi connectivity index (χ1) is 24.7. The summed E-state index contributed by atoms with van der Waals surface area (Å²) in [6.07, 6.45) is 5.04. The molecular formula is C39H34Br2F2N8. The first kappa shape index (κ1) is 34.5. The number of rotatable bonds is 8. The number of hydrogen-bond acceptors (Lipinski definition) is 4. The van der Waals surface area contributed by atoms with Gasteiger partial charge >= 0.3 is 0 Å². The van der Waals surface area contributed by atoms with Gasteiger partial charge in [0.2, 0.25) is 0 Å². The maximum Gasteiger partial charge on any atom is 0.123 e. The Morgan fingerprint density at radius 1 is 0.686 bits per heavy atom. The molecule has 0 radical (unpaired) electrons. The number of aromatic nitrogens is 8. The second-order valence-electron chi connectivity index (χ2n) is 12.1. The Morgan fingerprint density at radius 2 is 1.24 bits per heavy atom. The third-order valence-corrected chi connectivity index (χ3v) is 9.73. The van der Waals surface area contributed by atoms with Crippen LogP contribution in [0.4, 0.5) is 8.78 Å². The average Bonchev–Trinajstić information content (AvgIpc) is 3.88. The third kappa shape index (κ3) is 7.29. The second kappa shape index (κ2) is 14.7. The van der Waals surface area contributed by atoms with Crippen molar-refractivity contribution in [3.05, 3.63) is 141 Å². The number of benzene rings is 4. The molecule has 51 heavy (non-hydrogen) atoms. The number of H-pyrrole nitrogens is 1. The lowest BCUT2D eigenvalue weighted by atomic mass is 10.1. The van der Waals surface area contributed by atoms with Gasteiger partial charge in [0, 0.05) is 70.4 Å². The van der Waals surface area contributed by atoms with Gasteiger partial charge in [-0.25, -0.2) is 18.7 Å². The predicted octanol–water partition coefficient (Wildman–Crippen LogP) is 9.89. The zero-order valence-electron chi connectivity index (χ0n) is 28.2. The summed E-state index contributed by atoms with van der Waals surface area (Å²) in [5.74, 6) is 1.43. The van der Waals surface area contributed by atoms with Crippen molar-refractivity contribution in [2.24, 2.45) is 7.05 Å². The van der Waals surface area contributed by atoms with Gasteiger partial charge < -0.3 is 9.13 Å². The lowest BCUT2D eigenvalue weighted by molar-refractivity contribution is 0.627. The number of nitrogens with one attached hydrogen (secondary N) is 1. The number of hydrogen-bond donors (Lipinski definition) is 1. The number of aryl methyl sites for hydroxylation is 3. The topological polar surface area (TPSA) is 82.1 Å². The zero-order chi connectivity index (χ0) is 35.6. The molecular weight excluding hydrogens is 778 g/mol. The molecule has 0 saturated carbocycles. The van der Waals surface area contributed by atoms with Crippen LogP contribution < -0.4 is 0 Å². The van der Waals surface area contributed by atoms with Crippen LogP contribution in [0.1, 0.15) is 36.6 Å². The first-order valence-electron chi connectivity index (χ1n) is 16.6. The van der Waals surface area contributed by atoms with E-state index in [9.17, 15) is 8.78 Å². The lowest BCUT2D eigenvalue weighted by Gasteiger charge is -2.07. The maximum absolute atomic E-state index is 13.7. The fourth-order valence-corrected chi connectivity index (χ4v) is 7.20. The van der Waals surface area contributed by atoms with Gasteiger partial charge in [-0.05, 0) is 74.5 Å². The SMILES string of the molecule is CCn1c(Cc2cn(C)nc2-c2cccc(F)c2)nc2cc(Br)ccc21.CCn1c(Cc2cn[nH]c2-c2cccc(F)c2)nc2cc(Br)ccc21. The van der Waals surface area contributed by atoms with Crippen molar-refractivity contribution in [1.29, 1.82) is 0 Å². The molecule has 0 aliphatic rings. The molecule has 0 unspecified atom stereocenters. The number of halogens is 4. The molecule has 8 aromatic rings. The fraction of sp³-hybridized carbons (Fsp3) is 0.179. The van der Waals surface area contributed by atoms with Crippen molar-refractivity contribution >= 4 is 53.9 Å². The Labute approximate surface area is 310 Å². The van der Waals surface area contributed by atoms with Crippen molar-refractivity contribution < 1.29 is 8.78 Å². The van der Waals surface area contributed by atoms with E-state index in [1.54, 1.807) is 23.0 Å². The Kier molecular flexibility index (Phi) is 9.97. The van der Waals surface area contributed by atoms with Gasteiger partial charge in [-0.1, -0.05) is 56.1 Å². The van der Waals surface area contributed by atoms with Gasteiger partial charge in [0.25, 0.3) is 0 Å². The molecule has 4 aromatic heterocycles. The molecule has 0 fully saturated rings. The molecule has 0 saturated heterocycles. The Balaban J connectivity index is 0.000000159. The molecule has 4 aromatic carbocycles. The molecule has 0 bridgehead atoms. The number of imidazole rings is 2. The van der Waals surface area contributed by atoms with Gasteiger partial charge in [0.1, 0.15) is 23.3 Å². The molecule has 0 amide bonds. The molecule has 0 aliphatic heterocycles. The molecule has 8 rings (SSSR count). The minimum Gasteiger partial charge on any atom is -0.328 e. The summed E-state index contributed by atoms with van der Waals surface area (Å²) in [4.78, 5) is 9.61. The molecule has 0 aliphatic carbocycles. The molecule has 258 valence electrons. The van der Waals surface area contributed by atoms with Crippen molar-refractivity contribution in [2.75, 3.05) is 0 Å². The van der Waals surface area contributed by atoms with Crippen LogP contribution in [0.2, 0.25) is 0 Å². The van der Waals surface area contributed by atoms with E-state index in [-0.39, 0.29) is 11.6 Å². The number of fused-ring (bicyclic) bond motifs is 2. The van der Waals surface area contributed by atoms with Gasteiger partial charge in [0.05, 0.1) is 39.7 Å². The summed E-state index contributed by atoms with van der Waals surface area (Å²) < 4.78 is 35.4. The normalized spacial score (nSPS) is 11.4. The summed E-state index contributed by atoms with van der Waals surface area (Å²) >= 11 is 7.01. The van der Waals surface area contributed by atoms with Crippen LogP contribution in [0.3, 0.4) is 0 Å². The van der Waals surface area contributed by atoms with E-state index in [1.807, 2.05) is 49.6 Å². The maximum atomic E-state index is 13.7. The van der Waals surface area contributed by atoms with Crippen LogP contribution in [0.15, 0.2) is 106 Å². The van der Waals surface area contributed by atoms with Crippen molar-refractivity contribution in [2.45, 2.75) is 39.8 Å². The van der Waals surface area contributed by atoms with E-state index in [0.29, 0.717) is 12.8 Å². The smallest absolute Gasteiger partial charge is 0.123 e. The summed E-state index contributed by atoms with van der Waals surface area (Å²) in [6.45, 7) is 5.89. The third-order valence-electron chi connectivity index (χ3n) is 8.74. The molecule has 0 atom stereocenters. The van der Waals surface area contributed by atoms with E-state index in [2.05, 4.69) is 82.3 Å². The lowest BCUT2D eigenvalue weighted by Crippen LogP contribution is -2.03. The van der Waals surface area contributed by atoms with Crippen molar-refractivity contribution in [3.8, 4) is 22.5 Å². The summed E-state index contributed by atoms with van der Waals surface area (Å²) in [5.41, 5.74) is 9.36. The number of nitrogens with zero attached hydrogens (tertiary/aromatic N) is 7. The van der Waals surface area contributed by atoms with E-state index in [1.165, 1.54) is 24.3 Å². The Hall–Kier alpha value is -4.94. The average molecular weight is 813 g/mol. The van der Waals surface area contributed by atoms with Crippen LogP contribution >= 0.6 is 31.9 Å². The molecule has 1 N–H and O–H groups in total. The first-order valence-corrected chi connectivity index (χ1v) is 18.1. The van der Waals surface area contributed by atoms with E-state index in [0.717, 1.165) is 89.4 Å². The zero-order valence-corrected chi connectivity index (χ0v) is 31.4. The monoisotopic (exact) mass is 810 g/mol. The van der Waals surface area contributed by atoms with Crippen LogP contribution in [0.5, 0.6) is 0 Å². The highest BCUT2D eigenvalue weighted by Gasteiger charge is 2.17. The largest absolute Gasteiger partial charge is 0.328 e. The van der Waals surface area contributed by atoms with Crippen molar-refractivity contribution in [1.82, 2.24) is 39.1 Å². The van der Waals surface area contributed by atoms with Gasteiger partial charge in [-0.3, -0.25) is 9.78 Å². The molecule has 4 heterocycles. The van der Waals surface area contributed by atoms with Crippen molar-refractivity contribution in [3.63, 3.8) is 0 Å². The highest BCUT2D eigenvalue weighted by molar-refractivity contribution is 9.10. The van der Waals surface area contributed by atoms with Crippen LogP contribution in [-0.2, 0) is 33.0 Å². The van der Waals surface area contributed by atoms with Crippen LogP contribution in [-0.4, -0.2) is 39.1 Å². The quantitative estimate of drug-likeness (QED) is 0.166. The van der Waals surface area contributed by atoms with E-state index in [4.69, 9.17) is 9.97 Å². The Morgan fingerprint density at radius 3 is 1.80 bits per heavy atom. The Bertz CT molecular complexity index is 2490. The molecule has 8 nitrogen and oxygen atoms in total. The van der Waals surface area contributed by atoms with Crippen LogP contribution in [0.25, 0.3) is 44.6 Å². The molecule has 0 spiro atoms. The second-order valence-corrected chi connectivity index (χ2v) is 14.0. The summed E-state index contributed by atoms with van der Waals surface area (Å²) in [5, 5.41) is 11.7. The molecule has 12 heteroatoms. The van der Waals surface area contributed by atoms with Gasteiger partial charge in [-0.15, -0.1) is 0 Å². The fourth-order valence-electron chi connectivity index (χ4n) is 6.51. The highest BCUT2D eigenvalue weighted by atomic mass is 79.9. The standard InChI is InChI=1S/C20H18BrFN4.C19H16BrFN4/c1-3-26-18-8-7-15(21)11-17(18)23-19(26)10-14-12-25(2)24-20(14)13-5-4-6-16(22)9-13;1-2-25-17-7-6-14(20)10-16(17)23-18(25)9-13-11-22-24-19(13)12-4-3-5-15(21)8-12/h4-9,11-12H,3,10H2,1-2H3;3-8,10-11H,2,9H2,1H3,(H,22,24). The van der Waals surface area contributed by atoms with Gasteiger partial charge in [-0.2, -0.15) is 10.2 Å². The summed E-state index contributed by atoms with van der Waals surface area (Å²) in [6, 6.07) is 25.3. The number of aromatic amines is 1. The van der Waals surface area contributed by atoms with E-state index >= 15 is 0 Å². The summed E-state index contributed by atoms with van der Waals surface area (Å²) in [7, 11) is 1.88. The van der Waals surface area contributed by atoms with Gasteiger partial charge in [0.15, 0.2) is 0 Å².